The minimum Gasteiger partial charge on any atom is -0.330 e. The van der Waals surface area contributed by atoms with Crippen molar-refractivity contribution < 1.29 is 4.92 Å². The van der Waals surface area contributed by atoms with Crippen LogP contribution >= 0.6 is 0 Å². The van der Waals surface area contributed by atoms with Crippen molar-refractivity contribution in [2.75, 3.05) is 6.54 Å². The van der Waals surface area contributed by atoms with Crippen molar-refractivity contribution in [2.45, 2.75) is 37.9 Å². The lowest BCUT2D eigenvalue weighted by atomic mass is 10.1. The Hall–Kier alpha value is -1.30. The van der Waals surface area contributed by atoms with E-state index in [0.29, 0.717) is 13.0 Å². The van der Waals surface area contributed by atoms with Gasteiger partial charge in [0.15, 0.2) is 0 Å². The maximum absolute atomic E-state index is 10.8. The van der Waals surface area contributed by atoms with Crippen molar-refractivity contribution in [2.24, 2.45) is 15.7 Å². The van der Waals surface area contributed by atoms with Gasteiger partial charge in [0.25, 0.3) is 0 Å². The first-order valence-corrected chi connectivity index (χ1v) is 5.15. The van der Waals surface area contributed by atoms with Crippen LogP contribution in [0.4, 0.5) is 0 Å². The van der Waals surface area contributed by atoms with Crippen molar-refractivity contribution >= 4 is 12.4 Å². The van der Waals surface area contributed by atoms with Gasteiger partial charge in [-0.2, -0.15) is 9.98 Å². The molecule has 1 rings (SSSR count). The zero-order valence-corrected chi connectivity index (χ0v) is 8.63. The molecular formula is C9H16N4O2. The van der Waals surface area contributed by atoms with Crippen molar-refractivity contribution in [3.8, 4) is 0 Å². The number of nitrogens with zero attached hydrogens (tertiary/aromatic N) is 3. The third-order valence-corrected chi connectivity index (χ3v) is 2.39. The highest BCUT2D eigenvalue weighted by Gasteiger charge is 2.42. The summed E-state index contributed by atoms with van der Waals surface area (Å²) in [6.07, 6.45) is 6.84. The number of rotatable bonds is 7. The molecule has 0 aliphatic carbocycles. The van der Waals surface area contributed by atoms with Crippen LogP contribution < -0.4 is 5.73 Å². The summed E-state index contributed by atoms with van der Waals surface area (Å²) in [4.78, 5) is 18.0. The quantitative estimate of drug-likeness (QED) is 0.387. The number of nitro groups is 1. The monoisotopic (exact) mass is 212 g/mol. The van der Waals surface area contributed by atoms with E-state index in [2.05, 4.69) is 9.98 Å². The van der Waals surface area contributed by atoms with Crippen LogP contribution in [0.2, 0.25) is 0 Å². The molecule has 0 unspecified atom stereocenters. The third-order valence-electron chi connectivity index (χ3n) is 2.39. The van der Waals surface area contributed by atoms with E-state index in [4.69, 9.17) is 5.73 Å². The number of hydrogen-bond donors (Lipinski definition) is 1. The van der Waals surface area contributed by atoms with Crippen LogP contribution in [-0.2, 0) is 0 Å². The van der Waals surface area contributed by atoms with E-state index >= 15 is 0 Å². The Morgan fingerprint density at radius 2 is 1.80 bits per heavy atom. The second kappa shape index (κ2) is 5.55. The fourth-order valence-corrected chi connectivity index (χ4v) is 1.51. The van der Waals surface area contributed by atoms with Gasteiger partial charge < -0.3 is 5.73 Å². The third kappa shape index (κ3) is 3.09. The van der Waals surface area contributed by atoms with E-state index in [1.54, 1.807) is 0 Å². The smallest absolute Gasteiger partial charge is 0.330 e. The molecule has 0 saturated heterocycles. The van der Waals surface area contributed by atoms with Crippen LogP contribution in [0.25, 0.3) is 0 Å². The number of aliphatic imine (C=N–C) groups is 2. The molecule has 1 aliphatic heterocycles. The highest BCUT2D eigenvalue weighted by Crippen LogP contribution is 2.24. The molecule has 0 saturated carbocycles. The summed E-state index contributed by atoms with van der Waals surface area (Å²) in [5, 5.41) is 10.8. The van der Waals surface area contributed by atoms with Crippen molar-refractivity contribution in [1.29, 1.82) is 0 Å². The first-order valence-electron chi connectivity index (χ1n) is 5.15. The highest BCUT2D eigenvalue weighted by molar-refractivity contribution is 6.17. The van der Waals surface area contributed by atoms with E-state index in [0.717, 1.165) is 25.7 Å². The van der Waals surface area contributed by atoms with Crippen LogP contribution in [0.3, 0.4) is 0 Å². The fraction of sp³-hybridized carbons (Fsp3) is 0.778. The Morgan fingerprint density at radius 1 is 1.20 bits per heavy atom. The lowest BCUT2D eigenvalue weighted by molar-refractivity contribution is -0.566. The molecule has 0 spiro atoms. The van der Waals surface area contributed by atoms with Gasteiger partial charge in [0.05, 0.1) is 11.3 Å². The van der Waals surface area contributed by atoms with Crippen LogP contribution in [0.1, 0.15) is 32.1 Å². The molecule has 0 atom stereocenters. The largest absolute Gasteiger partial charge is 0.411 e. The second-order valence-electron chi connectivity index (χ2n) is 3.54. The van der Waals surface area contributed by atoms with Gasteiger partial charge in [-0.1, -0.05) is 12.8 Å². The summed E-state index contributed by atoms with van der Waals surface area (Å²) in [6.45, 7) is 0.677. The van der Waals surface area contributed by atoms with E-state index in [1.807, 2.05) is 0 Å². The zero-order chi connectivity index (χ0) is 11.1. The van der Waals surface area contributed by atoms with E-state index in [-0.39, 0.29) is 0 Å². The number of hydrogen-bond acceptors (Lipinski definition) is 5. The average Bonchev–Trinajstić information content (AvgIpc) is 2.67. The van der Waals surface area contributed by atoms with E-state index in [9.17, 15) is 10.1 Å². The molecule has 0 fully saturated rings. The molecule has 6 heteroatoms. The van der Waals surface area contributed by atoms with Gasteiger partial charge in [0.1, 0.15) is 0 Å². The molecular weight excluding hydrogens is 196 g/mol. The Bertz CT molecular complexity index is 263. The summed E-state index contributed by atoms with van der Waals surface area (Å²) >= 11 is 0. The molecule has 0 aromatic rings. The van der Waals surface area contributed by atoms with Gasteiger partial charge in [0.2, 0.25) is 0 Å². The van der Waals surface area contributed by atoms with Gasteiger partial charge in [0, 0.05) is 12.4 Å². The standard InChI is InChI=1S/C9H16N4O2/c10-6-4-2-1-3-5-9(13(14)15)11-7-8-12-9/h7-8H,1-6,10H2. The predicted molar refractivity (Wildman–Crippen MR) is 58.8 cm³/mol. The molecule has 15 heavy (non-hydrogen) atoms. The second-order valence-corrected chi connectivity index (χ2v) is 3.54. The zero-order valence-electron chi connectivity index (χ0n) is 8.63. The van der Waals surface area contributed by atoms with Gasteiger partial charge in [-0.15, -0.1) is 0 Å². The van der Waals surface area contributed by atoms with Crippen LogP contribution in [0.5, 0.6) is 0 Å². The summed E-state index contributed by atoms with van der Waals surface area (Å²) < 4.78 is 0. The van der Waals surface area contributed by atoms with E-state index < -0.39 is 10.7 Å². The Kier molecular flexibility index (Phi) is 4.36. The van der Waals surface area contributed by atoms with Crippen molar-refractivity contribution in [3.05, 3.63) is 10.1 Å². The molecule has 0 bridgehead atoms. The first kappa shape index (κ1) is 11.8. The topological polar surface area (TPSA) is 93.9 Å². The SMILES string of the molecule is NCCCCCCC1([N+](=O)[O-])N=CC=N1. The van der Waals surface area contributed by atoms with Gasteiger partial charge in [-0.3, -0.25) is 10.1 Å². The molecule has 0 aromatic carbocycles. The minimum atomic E-state index is -1.43. The minimum absolute atomic E-state index is 0.373. The Morgan fingerprint density at radius 3 is 2.33 bits per heavy atom. The summed E-state index contributed by atoms with van der Waals surface area (Å²) in [5.74, 6) is -1.43. The molecule has 6 nitrogen and oxygen atoms in total. The van der Waals surface area contributed by atoms with Gasteiger partial charge in [-0.25, -0.2) is 0 Å². The molecule has 0 radical (unpaired) electrons. The Balaban J connectivity index is 2.32. The van der Waals surface area contributed by atoms with Crippen molar-refractivity contribution in [3.63, 3.8) is 0 Å². The maximum atomic E-state index is 10.8. The normalized spacial score (nSPS) is 17.1. The Labute approximate surface area is 88.4 Å². The maximum Gasteiger partial charge on any atom is 0.411 e. The van der Waals surface area contributed by atoms with Crippen LogP contribution in [0.15, 0.2) is 9.98 Å². The molecule has 1 heterocycles. The molecule has 0 aromatic heterocycles. The first-order chi connectivity index (χ1) is 7.21. The van der Waals surface area contributed by atoms with Crippen LogP contribution in [0, 0.1) is 10.1 Å². The molecule has 0 amide bonds. The average molecular weight is 212 g/mol. The molecule has 2 N–H and O–H groups in total. The van der Waals surface area contributed by atoms with Crippen molar-refractivity contribution in [1.82, 2.24) is 0 Å². The molecule has 1 aliphatic rings. The summed E-state index contributed by atoms with van der Waals surface area (Å²) in [7, 11) is 0. The van der Waals surface area contributed by atoms with Gasteiger partial charge in [-0.05, 0) is 19.4 Å². The van der Waals surface area contributed by atoms with E-state index in [1.165, 1.54) is 12.4 Å². The fourth-order valence-electron chi connectivity index (χ4n) is 1.51. The number of nitrogens with two attached hydrogens (primary N) is 1. The summed E-state index contributed by atoms with van der Waals surface area (Å²) in [6, 6.07) is 0. The molecule has 84 valence electrons. The summed E-state index contributed by atoms with van der Waals surface area (Å²) in [5.41, 5.74) is 5.35. The lowest BCUT2D eigenvalue weighted by Gasteiger charge is -2.12. The van der Waals surface area contributed by atoms with Crippen LogP contribution in [-0.4, -0.2) is 29.7 Å². The predicted octanol–water partition coefficient (Wildman–Crippen LogP) is 0.981. The number of unbranched alkanes of at least 4 members (excludes halogenated alkanes) is 3. The van der Waals surface area contributed by atoms with Gasteiger partial charge >= 0.3 is 5.79 Å². The highest BCUT2D eigenvalue weighted by atomic mass is 16.6. The lowest BCUT2D eigenvalue weighted by Crippen LogP contribution is -2.32.